The first-order valence-electron chi connectivity index (χ1n) is 3.77. The predicted octanol–water partition coefficient (Wildman–Crippen LogP) is 3.17. The second kappa shape index (κ2) is 1.93. The molecule has 66 valence electrons. The van der Waals surface area contributed by atoms with Crippen LogP contribution in [-0.4, -0.2) is 11.6 Å². The summed E-state index contributed by atoms with van der Waals surface area (Å²) < 4.78 is 38.9. The van der Waals surface area contributed by atoms with Gasteiger partial charge in [0.05, 0.1) is 0 Å². The van der Waals surface area contributed by atoms with Gasteiger partial charge in [-0.3, -0.25) is 0 Å². The Morgan fingerprint density at radius 3 is 1.45 bits per heavy atom. The zero-order chi connectivity index (χ0) is 8.91. The van der Waals surface area contributed by atoms with Gasteiger partial charge in [0.15, 0.2) is 5.67 Å². The van der Waals surface area contributed by atoms with E-state index < -0.39 is 17.0 Å². The molecule has 1 rings (SSSR count). The van der Waals surface area contributed by atoms with Crippen LogP contribution in [0.4, 0.5) is 13.2 Å². The first-order chi connectivity index (χ1) is 4.71. The molecule has 1 unspecified atom stereocenters. The molecule has 0 aromatic rings. The summed E-state index contributed by atoms with van der Waals surface area (Å²) in [5, 5.41) is 0. The highest BCUT2D eigenvalue weighted by atomic mass is 19.3. The average molecular weight is 166 g/mol. The van der Waals surface area contributed by atoms with Gasteiger partial charge in [-0.2, -0.15) is 0 Å². The van der Waals surface area contributed by atoms with E-state index in [1.165, 1.54) is 20.8 Å². The molecule has 0 heterocycles. The van der Waals surface area contributed by atoms with Crippen molar-refractivity contribution < 1.29 is 13.2 Å². The van der Waals surface area contributed by atoms with Gasteiger partial charge in [-0.15, -0.1) is 0 Å². The Balaban J connectivity index is 2.86. The van der Waals surface area contributed by atoms with E-state index in [-0.39, 0.29) is 12.8 Å². The second-order valence-electron chi connectivity index (χ2n) is 4.26. The molecule has 1 saturated carbocycles. The van der Waals surface area contributed by atoms with Gasteiger partial charge in [0, 0.05) is 11.8 Å². The highest BCUT2D eigenvalue weighted by molar-refractivity contribution is 5.09. The van der Waals surface area contributed by atoms with Gasteiger partial charge in [-0.25, -0.2) is 13.2 Å². The van der Waals surface area contributed by atoms with Crippen LogP contribution < -0.4 is 0 Å². The SMILES string of the molecule is CC(C)(C)C1(F)CCC1(F)F. The van der Waals surface area contributed by atoms with E-state index in [4.69, 9.17) is 0 Å². The lowest BCUT2D eigenvalue weighted by Crippen LogP contribution is -2.61. The van der Waals surface area contributed by atoms with Crippen molar-refractivity contribution in [1.82, 2.24) is 0 Å². The minimum atomic E-state index is -3.11. The molecule has 0 aromatic heterocycles. The van der Waals surface area contributed by atoms with E-state index >= 15 is 0 Å². The van der Waals surface area contributed by atoms with Gasteiger partial charge in [-0.05, 0) is 6.42 Å². The summed E-state index contributed by atoms with van der Waals surface area (Å²) in [5.41, 5.74) is -3.23. The largest absolute Gasteiger partial charge is 0.282 e. The van der Waals surface area contributed by atoms with Gasteiger partial charge < -0.3 is 0 Å². The topological polar surface area (TPSA) is 0 Å². The number of hydrogen-bond acceptors (Lipinski definition) is 0. The van der Waals surface area contributed by atoms with E-state index in [0.29, 0.717) is 0 Å². The Bertz CT molecular complexity index is 157. The van der Waals surface area contributed by atoms with Crippen molar-refractivity contribution in [1.29, 1.82) is 0 Å². The third-order valence-corrected chi connectivity index (χ3v) is 2.55. The zero-order valence-corrected chi connectivity index (χ0v) is 7.05. The van der Waals surface area contributed by atoms with E-state index in [1.54, 1.807) is 0 Å². The smallest absolute Gasteiger partial charge is 0.237 e. The first kappa shape index (κ1) is 8.88. The molecule has 0 amide bonds. The van der Waals surface area contributed by atoms with Crippen LogP contribution >= 0.6 is 0 Å². The molecule has 1 fully saturated rings. The van der Waals surface area contributed by atoms with Gasteiger partial charge >= 0.3 is 0 Å². The quantitative estimate of drug-likeness (QED) is 0.518. The fraction of sp³-hybridized carbons (Fsp3) is 1.00. The molecule has 11 heavy (non-hydrogen) atoms. The van der Waals surface area contributed by atoms with E-state index in [0.717, 1.165) is 0 Å². The van der Waals surface area contributed by atoms with Crippen molar-refractivity contribution in [3.8, 4) is 0 Å². The minimum Gasteiger partial charge on any atom is -0.237 e. The summed E-state index contributed by atoms with van der Waals surface area (Å²) in [6.07, 6.45) is -0.315. The van der Waals surface area contributed by atoms with Crippen molar-refractivity contribution in [3.05, 3.63) is 0 Å². The molecular formula is C8H13F3. The number of rotatable bonds is 0. The van der Waals surface area contributed by atoms with Crippen LogP contribution in [0.15, 0.2) is 0 Å². The van der Waals surface area contributed by atoms with E-state index in [9.17, 15) is 13.2 Å². The molecule has 0 nitrogen and oxygen atoms in total. The highest BCUT2D eigenvalue weighted by Gasteiger charge is 2.68. The lowest BCUT2D eigenvalue weighted by Gasteiger charge is -2.50. The number of alkyl halides is 3. The maximum Gasteiger partial charge on any atom is 0.282 e. The third kappa shape index (κ3) is 0.967. The van der Waals surface area contributed by atoms with E-state index in [1.807, 2.05) is 0 Å². The van der Waals surface area contributed by atoms with Crippen molar-refractivity contribution in [2.24, 2.45) is 5.41 Å². The fourth-order valence-electron chi connectivity index (χ4n) is 1.46. The molecule has 1 aliphatic carbocycles. The third-order valence-electron chi connectivity index (χ3n) is 2.55. The van der Waals surface area contributed by atoms with Crippen LogP contribution in [0.1, 0.15) is 33.6 Å². The molecule has 0 radical (unpaired) electrons. The van der Waals surface area contributed by atoms with Crippen molar-refractivity contribution in [3.63, 3.8) is 0 Å². The van der Waals surface area contributed by atoms with Crippen LogP contribution in [0.5, 0.6) is 0 Å². The fourth-order valence-corrected chi connectivity index (χ4v) is 1.46. The molecular weight excluding hydrogens is 153 g/mol. The monoisotopic (exact) mass is 166 g/mol. The molecule has 0 spiro atoms. The highest BCUT2D eigenvalue weighted by Crippen LogP contribution is 2.58. The van der Waals surface area contributed by atoms with Crippen molar-refractivity contribution in [2.75, 3.05) is 0 Å². The molecule has 3 heteroatoms. The summed E-state index contributed by atoms with van der Waals surface area (Å²) >= 11 is 0. The maximum atomic E-state index is 13.4. The summed E-state index contributed by atoms with van der Waals surface area (Å²) in [6.45, 7) is 4.54. The first-order valence-corrected chi connectivity index (χ1v) is 3.77. The van der Waals surface area contributed by atoms with Crippen LogP contribution in [0.3, 0.4) is 0 Å². The van der Waals surface area contributed by atoms with E-state index in [2.05, 4.69) is 0 Å². The standard InChI is InChI=1S/C8H13F3/c1-6(2,3)7(9)4-5-8(7,10)11/h4-5H2,1-3H3. The Hall–Kier alpha value is -0.210. The molecule has 0 N–H and O–H groups in total. The normalized spacial score (nSPS) is 36.5. The summed E-state index contributed by atoms with van der Waals surface area (Å²) in [5.74, 6) is -3.11. The van der Waals surface area contributed by atoms with Crippen molar-refractivity contribution >= 4 is 0 Å². The molecule has 1 aliphatic rings. The van der Waals surface area contributed by atoms with Crippen LogP contribution in [0.25, 0.3) is 0 Å². The number of hydrogen-bond donors (Lipinski definition) is 0. The average Bonchev–Trinajstić information content (AvgIpc) is 1.81. The zero-order valence-electron chi connectivity index (χ0n) is 7.05. The molecule has 1 atom stereocenters. The lowest BCUT2D eigenvalue weighted by atomic mass is 9.63. The van der Waals surface area contributed by atoms with Gasteiger partial charge in [0.25, 0.3) is 5.92 Å². The maximum absolute atomic E-state index is 13.4. The Labute approximate surface area is 64.8 Å². The summed E-state index contributed by atoms with van der Waals surface area (Å²) in [4.78, 5) is 0. The predicted molar refractivity (Wildman–Crippen MR) is 37.5 cm³/mol. The number of halogens is 3. The Morgan fingerprint density at radius 2 is 1.45 bits per heavy atom. The van der Waals surface area contributed by atoms with Crippen LogP contribution in [-0.2, 0) is 0 Å². The van der Waals surface area contributed by atoms with Gasteiger partial charge in [0.2, 0.25) is 0 Å². The Morgan fingerprint density at radius 1 is 1.00 bits per heavy atom. The van der Waals surface area contributed by atoms with Gasteiger partial charge in [-0.1, -0.05) is 20.8 Å². The van der Waals surface area contributed by atoms with Gasteiger partial charge in [0.1, 0.15) is 0 Å². The molecule has 0 bridgehead atoms. The summed E-state index contributed by atoms with van der Waals surface area (Å²) in [7, 11) is 0. The molecule has 0 saturated heterocycles. The Kier molecular flexibility index (Phi) is 1.56. The van der Waals surface area contributed by atoms with Crippen molar-refractivity contribution in [2.45, 2.75) is 45.2 Å². The van der Waals surface area contributed by atoms with Crippen LogP contribution in [0, 0.1) is 5.41 Å². The lowest BCUT2D eigenvalue weighted by molar-refractivity contribution is -0.252. The summed E-state index contributed by atoms with van der Waals surface area (Å²) in [6, 6.07) is 0. The molecule has 0 aromatic carbocycles. The second-order valence-corrected chi connectivity index (χ2v) is 4.26. The molecule has 0 aliphatic heterocycles. The minimum absolute atomic E-state index is 0.0104. The van der Waals surface area contributed by atoms with Crippen LogP contribution in [0.2, 0.25) is 0 Å².